The van der Waals surface area contributed by atoms with E-state index in [1.807, 2.05) is 36.4 Å². The average molecular weight is 385 g/mol. The molecule has 0 saturated carbocycles. The molecule has 2 N–H and O–H groups in total. The first-order valence-electron chi connectivity index (χ1n) is 8.54. The molecule has 2 heterocycles. The summed E-state index contributed by atoms with van der Waals surface area (Å²) in [6.07, 6.45) is 0. The molecular formula is C18H19N5O3S. The monoisotopic (exact) mass is 385 g/mol. The van der Waals surface area contributed by atoms with Crippen molar-refractivity contribution in [1.29, 1.82) is 0 Å². The number of nitrogens with zero attached hydrogens (tertiary/aromatic N) is 3. The number of rotatable bonds is 4. The van der Waals surface area contributed by atoms with Crippen molar-refractivity contribution in [3.63, 3.8) is 0 Å². The minimum Gasteiger partial charge on any atom is -0.497 e. The molecule has 0 spiro atoms. The van der Waals surface area contributed by atoms with Gasteiger partial charge in [-0.15, -0.1) is 0 Å². The lowest BCUT2D eigenvalue weighted by Crippen LogP contribution is -2.36. The number of methoxy groups -OCH3 is 1. The van der Waals surface area contributed by atoms with Crippen molar-refractivity contribution in [2.24, 2.45) is 0 Å². The van der Waals surface area contributed by atoms with Gasteiger partial charge in [0.2, 0.25) is 0 Å². The molecule has 1 saturated heterocycles. The lowest BCUT2D eigenvalue weighted by molar-refractivity contribution is 0.123. The molecule has 1 aliphatic rings. The number of anilines is 3. The Hall–Kier alpha value is -2.91. The standard InChI is InChI=1S/C18H19N5O3S/c1-24-13-4-2-3-12(11-13)19-18(27)20-14-5-6-15(17-16(14)21-26-22-17)23-7-9-25-10-8-23/h2-6,11H,7-10H2,1H3,(H2,19,20,27). The molecule has 1 aromatic heterocycles. The van der Waals surface area contributed by atoms with E-state index >= 15 is 0 Å². The highest BCUT2D eigenvalue weighted by molar-refractivity contribution is 7.80. The van der Waals surface area contributed by atoms with E-state index in [4.69, 9.17) is 26.3 Å². The third-order valence-electron chi connectivity index (χ3n) is 4.32. The summed E-state index contributed by atoms with van der Waals surface area (Å²) in [4.78, 5) is 2.21. The maximum atomic E-state index is 5.42. The van der Waals surface area contributed by atoms with Crippen LogP contribution in [0, 0.1) is 0 Å². The minimum absolute atomic E-state index is 0.437. The summed E-state index contributed by atoms with van der Waals surface area (Å²) >= 11 is 5.42. The lowest BCUT2D eigenvalue weighted by Gasteiger charge is -2.28. The first-order chi connectivity index (χ1) is 13.2. The number of fused-ring (bicyclic) bond motifs is 1. The summed E-state index contributed by atoms with van der Waals surface area (Å²) in [5, 5.41) is 14.9. The van der Waals surface area contributed by atoms with E-state index in [1.54, 1.807) is 7.11 Å². The second-order valence-corrected chi connectivity index (χ2v) is 6.41. The Morgan fingerprint density at radius 2 is 1.93 bits per heavy atom. The van der Waals surface area contributed by atoms with Crippen LogP contribution in [-0.4, -0.2) is 48.8 Å². The number of aromatic nitrogens is 2. The SMILES string of the molecule is COc1cccc(NC(=S)Nc2ccc(N3CCOCC3)c3nonc23)c1. The van der Waals surface area contributed by atoms with Gasteiger partial charge in [-0.05, 0) is 46.8 Å². The zero-order chi connectivity index (χ0) is 18.6. The molecule has 140 valence electrons. The van der Waals surface area contributed by atoms with E-state index in [2.05, 4.69) is 25.8 Å². The Kier molecular flexibility index (Phi) is 5.03. The highest BCUT2D eigenvalue weighted by Gasteiger charge is 2.19. The van der Waals surface area contributed by atoms with Crippen molar-refractivity contribution in [3.05, 3.63) is 36.4 Å². The third kappa shape index (κ3) is 3.79. The third-order valence-corrected chi connectivity index (χ3v) is 4.53. The van der Waals surface area contributed by atoms with Crippen LogP contribution in [0.1, 0.15) is 0 Å². The molecule has 9 heteroatoms. The molecule has 1 fully saturated rings. The molecule has 2 aromatic carbocycles. The highest BCUT2D eigenvalue weighted by Crippen LogP contribution is 2.30. The van der Waals surface area contributed by atoms with Gasteiger partial charge >= 0.3 is 0 Å². The van der Waals surface area contributed by atoms with Crippen molar-refractivity contribution in [1.82, 2.24) is 10.3 Å². The first-order valence-corrected chi connectivity index (χ1v) is 8.95. The summed E-state index contributed by atoms with van der Waals surface area (Å²) in [7, 11) is 1.63. The topological polar surface area (TPSA) is 84.7 Å². The van der Waals surface area contributed by atoms with Crippen LogP contribution in [-0.2, 0) is 4.74 Å². The van der Waals surface area contributed by atoms with Gasteiger partial charge in [0.15, 0.2) is 16.1 Å². The minimum atomic E-state index is 0.437. The van der Waals surface area contributed by atoms with Gasteiger partial charge in [0.05, 0.1) is 31.7 Å². The number of nitrogens with one attached hydrogen (secondary N) is 2. The van der Waals surface area contributed by atoms with Crippen molar-refractivity contribution in [2.75, 3.05) is 48.9 Å². The quantitative estimate of drug-likeness (QED) is 0.659. The molecular weight excluding hydrogens is 366 g/mol. The van der Waals surface area contributed by atoms with Crippen LogP contribution in [0.25, 0.3) is 11.0 Å². The van der Waals surface area contributed by atoms with Crippen molar-refractivity contribution in [2.45, 2.75) is 0 Å². The van der Waals surface area contributed by atoms with Crippen LogP contribution in [0.3, 0.4) is 0 Å². The van der Waals surface area contributed by atoms with E-state index in [-0.39, 0.29) is 0 Å². The Labute approximate surface area is 161 Å². The fourth-order valence-corrected chi connectivity index (χ4v) is 3.23. The van der Waals surface area contributed by atoms with E-state index in [9.17, 15) is 0 Å². The maximum Gasteiger partial charge on any atom is 0.175 e. The summed E-state index contributed by atoms with van der Waals surface area (Å²) < 4.78 is 15.6. The zero-order valence-electron chi connectivity index (χ0n) is 14.8. The van der Waals surface area contributed by atoms with Crippen LogP contribution in [0.5, 0.6) is 5.75 Å². The van der Waals surface area contributed by atoms with Gasteiger partial charge < -0.3 is 25.0 Å². The van der Waals surface area contributed by atoms with Gasteiger partial charge in [0, 0.05) is 24.8 Å². The van der Waals surface area contributed by atoms with E-state index in [0.29, 0.717) is 29.4 Å². The molecule has 4 rings (SSSR count). The molecule has 0 aliphatic carbocycles. The van der Waals surface area contributed by atoms with Crippen LogP contribution < -0.4 is 20.3 Å². The van der Waals surface area contributed by atoms with E-state index in [0.717, 1.165) is 35.9 Å². The molecule has 0 radical (unpaired) electrons. The molecule has 0 atom stereocenters. The van der Waals surface area contributed by atoms with E-state index in [1.165, 1.54) is 0 Å². The van der Waals surface area contributed by atoms with Gasteiger partial charge in [0.25, 0.3) is 0 Å². The predicted molar refractivity (Wildman–Crippen MR) is 108 cm³/mol. The van der Waals surface area contributed by atoms with Crippen LogP contribution >= 0.6 is 12.2 Å². The van der Waals surface area contributed by atoms with Crippen LogP contribution in [0.2, 0.25) is 0 Å². The van der Waals surface area contributed by atoms with Gasteiger partial charge in [-0.1, -0.05) is 6.07 Å². The first kappa shape index (κ1) is 17.5. The van der Waals surface area contributed by atoms with Crippen molar-refractivity contribution >= 4 is 45.4 Å². The summed E-state index contributed by atoms with van der Waals surface area (Å²) in [5.41, 5.74) is 3.86. The molecule has 3 aromatic rings. The summed E-state index contributed by atoms with van der Waals surface area (Å²) in [5.74, 6) is 0.751. The molecule has 1 aliphatic heterocycles. The number of benzene rings is 2. The zero-order valence-corrected chi connectivity index (χ0v) is 15.6. The lowest BCUT2D eigenvalue weighted by atomic mass is 10.2. The maximum absolute atomic E-state index is 5.42. The molecule has 0 unspecified atom stereocenters. The molecule has 8 nitrogen and oxygen atoms in total. The number of hydrogen-bond donors (Lipinski definition) is 2. The molecule has 0 bridgehead atoms. The summed E-state index contributed by atoms with van der Waals surface area (Å²) in [6.45, 7) is 3.01. The van der Waals surface area contributed by atoms with Gasteiger partial charge in [0.1, 0.15) is 5.75 Å². The predicted octanol–water partition coefficient (Wildman–Crippen LogP) is 2.88. The smallest absolute Gasteiger partial charge is 0.175 e. The fourth-order valence-electron chi connectivity index (χ4n) is 3.00. The Bertz CT molecular complexity index is 955. The molecule has 0 amide bonds. The number of morpholine rings is 1. The fraction of sp³-hybridized carbons (Fsp3) is 0.278. The Morgan fingerprint density at radius 3 is 2.74 bits per heavy atom. The highest BCUT2D eigenvalue weighted by atomic mass is 32.1. The van der Waals surface area contributed by atoms with Crippen molar-refractivity contribution in [3.8, 4) is 5.75 Å². The largest absolute Gasteiger partial charge is 0.497 e. The van der Waals surface area contributed by atoms with Crippen LogP contribution in [0.15, 0.2) is 41.0 Å². The second-order valence-electron chi connectivity index (χ2n) is 6.00. The Morgan fingerprint density at radius 1 is 1.11 bits per heavy atom. The summed E-state index contributed by atoms with van der Waals surface area (Å²) in [6, 6.07) is 11.5. The van der Waals surface area contributed by atoms with Gasteiger partial charge in [-0.25, -0.2) is 4.63 Å². The van der Waals surface area contributed by atoms with Crippen molar-refractivity contribution < 1.29 is 14.1 Å². The van der Waals surface area contributed by atoms with Gasteiger partial charge in [-0.3, -0.25) is 0 Å². The van der Waals surface area contributed by atoms with E-state index < -0.39 is 0 Å². The number of thiocarbonyl (C=S) groups is 1. The van der Waals surface area contributed by atoms with Crippen LogP contribution in [0.4, 0.5) is 17.1 Å². The molecule has 27 heavy (non-hydrogen) atoms. The Balaban J connectivity index is 1.53. The number of ether oxygens (including phenoxy) is 2. The average Bonchev–Trinajstić information content (AvgIpc) is 3.19. The second kappa shape index (κ2) is 7.77. The van der Waals surface area contributed by atoms with Gasteiger partial charge in [-0.2, -0.15) is 0 Å². The normalized spacial score (nSPS) is 14.2. The number of hydrogen-bond acceptors (Lipinski definition) is 7.